The molecule has 6 heteroatoms. The molecule has 0 fully saturated rings. The van der Waals surface area contributed by atoms with E-state index in [1.807, 2.05) is 19.1 Å². The highest BCUT2D eigenvalue weighted by Crippen LogP contribution is 2.22. The van der Waals surface area contributed by atoms with E-state index >= 15 is 0 Å². The van der Waals surface area contributed by atoms with Crippen molar-refractivity contribution in [1.29, 1.82) is 0 Å². The number of carboxylic acids is 1. The lowest BCUT2D eigenvalue weighted by Gasteiger charge is -2.12. The SMILES string of the molecule is C/C=C/CC(NC(=O)Cc1ccc(Br)s1)C(=O)O. The van der Waals surface area contributed by atoms with Gasteiger partial charge in [0.15, 0.2) is 0 Å². The zero-order valence-electron chi connectivity index (χ0n) is 9.85. The smallest absolute Gasteiger partial charge is 0.326 e. The van der Waals surface area contributed by atoms with Crippen LogP contribution in [0.3, 0.4) is 0 Å². The molecule has 0 aliphatic heterocycles. The van der Waals surface area contributed by atoms with Crippen molar-refractivity contribution in [2.45, 2.75) is 25.8 Å². The van der Waals surface area contributed by atoms with E-state index in [-0.39, 0.29) is 12.3 Å². The van der Waals surface area contributed by atoms with Crippen LogP contribution in [-0.2, 0) is 16.0 Å². The third-order valence-electron chi connectivity index (χ3n) is 2.20. The first-order valence-electron chi connectivity index (χ1n) is 5.40. The normalized spacial score (nSPS) is 12.6. The molecule has 0 aliphatic carbocycles. The first kappa shape index (κ1) is 14.9. The Kier molecular flexibility index (Phi) is 6.07. The van der Waals surface area contributed by atoms with Crippen molar-refractivity contribution in [1.82, 2.24) is 5.32 Å². The second-order valence-corrected chi connectivity index (χ2v) is 6.19. The van der Waals surface area contributed by atoms with Gasteiger partial charge in [-0.25, -0.2) is 4.79 Å². The molecule has 0 bridgehead atoms. The summed E-state index contributed by atoms with van der Waals surface area (Å²) in [5, 5.41) is 11.5. The molecule has 1 heterocycles. The predicted molar refractivity (Wildman–Crippen MR) is 74.7 cm³/mol. The number of thiophene rings is 1. The third-order valence-corrected chi connectivity index (χ3v) is 3.83. The number of carboxylic acid groups (broad SMARTS) is 1. The molecule has 0 radical (unpaired) electrons. The topological polar surface area (TPSA) is 66.4 Å². The third kappa shape index (κ3) is 5.01. The lowest BCUT2D eigenvalue weighted by atomic mass is 10.2. The molecule has 0 aliphatic rings. The lowest BCUT2D eigenvalue weighted by molar-refractivity contribution is -0.141. The average molecular weight is 332 g/mol. The molecule has 18 heavy (non-hydrogen) atoms. The van der Waals surface area contributed by atoms with E-state index in [2.05, 4.69) is 21.2 Å². The Bertz CT molecular complexity index is 456. The van der Waals surface area contributed by atoms with Crippen LogP contribution in [0.5, 0.6) is 0 Å². The van der Waals surface area contributed by atoms with Gasteiger partial charge in [0.1, 0.15) is 6.04 Å². The zero-order chi connectivity index (χ0) is 13.5. The molecule has 1 aromatic heterocycles. The van der Waals surface area contributed by atoms with Crippen LogP contribution in [0, 0.1) is 0 Å². The Labute approximate surface area is 118 Å². The number of hydrogen-bond donors (Lipinski definition) is 2. The van der Waals surface area contributed by atoms with Gasteiger partial charge in [0.2, 0.25) is 5.91 Å². The van der Waals surface area contributed by atoms with Crippen molar-refractivity contribution in [2.24, 2.45) is 0 Å². The van der Waals surface area contributed by atoms with E-state index in [0.29, 0.717) is 6.42 Å². The Morgan fingerprint density at radius 2 is 2.28 bits per heavy atom. The van der Waals surface area contributed by atoms with Gasteiger partial charge in [-0.05, 0) is 41.4 Å². The fourth-order valence-corrected chi connectivity index (χ4v) is 2.83. The highest BCUT2D eigenvalue weighted by Gasteiger charge is 2.18. The summed E-state index contributed by atoms with van der Waals surface area (Å²) in [6.45, 7) is 1.81. The van der Waals surface area contributed by atoms with Crippen LogP contribution in [0.15, 0.2) is 28.1 Å². The van der Waals surface area contributed by atoms with E-state index in [9.17, 15) is 9.59 Å². The van der Waals surface area contributed by atoms with E-state index in [0.717, 1.165) is 8.66 Å². The Hall–Kier alpha value is -1.14. The molecule has 1 aromatic rings. The molecule has 1 amide bonds. The van der Waals surface area contributed by atoms with Crippen molar-refractivity contribution >= 4 is 39.1 Å². The average Bonchev–Trinajstić information content (AvgIpc) is 2.69. The van der Waals surface area contributed by atoms with Crippen molar-refractivity contribution in [3.05, 3.63) is 32.9 Å². The van der Waals surface area contributed by atoms with Crippen molar-refractivity contribution in [3.8, 4) is 0 Å². The van der Waals surface area contributed by atoms with Gasteiger partial charge in [-0.15, -0.1) is 11.3 Å². The minimum absolute atomic E-state index is 0.204. The highest BCUT2D eigenvalue weighted by molar-refractivity contribution is 9.11. The van der Waals surface area contributed by atoms with Crippen molar-refractivity contribution < 1.29 is 14.7 Å². The largest absolute Gasteiger partial charge is 0.480 e. The molecule has 1 unspecified atom stereocenters. The minimum atomic E-state index is -1.02. The lowest BCUT2D eigenvalue weighted by Crippen LogP contribution is -2.41. The fraction of sp³-hybridized carbons (Fsp3) is 0.333. The van der Waals surface area contributed by atoms with Crippen LogP contribution in [0.4, 0.5) is 0 Å². The van der Waals surface area contributed by atoms with Crippen molar-refractivity contribution in [3.63, 3.8) is 0 Å². The summed E-state index contributed by atoms with van der Waals surface area (Å²) >= 11 is 4.78. The number of halogens is 1. The summed E-state index contributed by atoms with van der Waals surface area (Å²) in [5.74, 6) is -1.30. The second-order valence-electron chi connectivity index (χ2n) is 3.65. The monoisotopic (exact) mass is 331 g/mol. The number of carbonyl (C=O) groups excluding carboxylic acids is 1. The fourth-order valence-electron chi connectivity index (χ4n) is 1.34. The van der Waals surface area contributed by atoms with Crippen LogP contribution in [0.1, 0.15) is 18.2 Å². The van der Waals surface area contributed by atoms with Crippen LogP contribution in [-0.4, -0.2) is 23.0 Å². The van der Waals surface area contributed by atoms with E-state index in [1.54, 1.807) is 12.2 Å². The Morgan fingerprint density at radius 3 is 2.78 bits per heavy atom. The van der Waals surface area contributed by atoms with Crippen LogP contribution >= 0.6 is 27.3 Å². The van der Waals surface area contributed by atoms with Crippen LogP contribution in [0.25, 0.3) is 0 Å². The molecule has 98 valence electrons. The first-order valence-corrected chi connectivity index (χ1v) is 7.01. The Balaban J connectivity index is 2.53. The Morgan fingerprint density at radius 1 is 1.56 bits per heavy atom. The summed E-state index contributed by atoms with van der Waals surface area (Å²) in [5.41, 5.74) is 0. The molecule has 2 N–H and O–H groups in total. The minimum Gasteiger partial charge on any atom is -0.480 e. The maximum absolute atomic E-state index is 11.7. The summed E-state index contributed by atoms with van der Waals surface area (Å²) in [4.78, 5) is 23.5. The van der Waals surface area contributed by atoms with Gasteiger partial charge in [0, 0.05) is 4.88 Å². The molecule has 1 atom stereocenters. The number of amides is 1. The molecule has 0 saturated carbocycles. The highest BCUT2D eigenvalue weighted by atomic mass is 79.9. The van der Waals surface area contributed by atoms with Gasteiger partial charge in [0.25, 0.3) is 0 Å². The van der Waals surface area contributed by atoms with E-state index < -0.39 is 12.0 Å². The van der Waals surface area contributed by atoms with Crippen LogP contribution in [0.2, 0.25) is 0 Å². The number of hydrogen-bond acceptors (Lipinski definition) is 3. The standard InChI is InChI=1S/C12H14BrNO3S/c1-2-3-4-9(12(16)17)14-11(15)7-8-5-6-10(13)18-8/h2-3,5-6,9H,4,7H2,1H3,(H,14,15)(H,16,17)/b3-2+. The number of carbonyl (C=O) groups is 2. The summed E-state index contributed by atoms with van der Waals surface area (Å²) < 4.78 is 0.953. The van der Waals surface area contributed by atoms with Gasteiger partial charge in [-0.1, -0.05) is 12.2 Å². The number of aliphatic carboxylic acids is 1. The molecular formula is C12H14BrNO3S. The second kappa shape index (κ2) is 7.33. The molecule has 0 spiro atoms. The molecule has 1 rings (SSSR count). The summed E-state index contributed by atoms with van der Waals surface area (Å²) in [6, 6.07) is 2.84. The molecule has 0 aromatic carbocycles. The maximum Gasteiger partial charge on any atom is 0.326 e. The first-order chi connectivity index (χ1) is 8.52. The molecule has 0 saturated heterocycles. The molecule has 4 nitrogen and oxygen atoms in total. The predicted octanol–water partition coefficient (Wildman–Crippen LogP) is 2.59. The van der Waals surface area contributed by atoms with Gasteiger partial charge >= 0.3 is 5.97 Å². The van der Waals surface area contributed by atoms with Gasteiger partial charge in [-0.3, -0.25) is 4.79 Å². The number of rotatable bonds is 6. The number of allylic oxidation sites excluding steroid dienone is 1. The summed E-state index contributed by atoms with van der Waals surface area (Å²) in [7, 11) is 0. The van der Waals surface area contributed by atoms with Gasteiger partial charge in [0.05, 0.1) is 10.2 Å². The maximum atomic E-state index is 11.7. The number of nitrogens with one attached hydrogen (secondary N) is 1. The zero-order valence-corrected chi connectivity index (χ0v) is 12.3. The molecular weight excluding hydrogens is 318 g/mol. The summed E-state index contributed by atoms with van der Waals surface area (Å²) in [6.07, 6.45) is 3.99. The van der Waals surface area contributed by atoms with Crippen LogP contribution < -0.4 is 5.32 Å². The van der Waals surface area contributed by atoms with E-state index in [1.165, 1.54) is 11.3 Å². The van der Waals surface area contributed by atoms with Crippen molar-refractivity contribution in [2.75, 3.05) is 0 Å². The van der Waals surface area contributed by atoms with Gasteiger partial charge < -0.3 is 10.4 Å². The van der Waals surface area contributed by atoms with Gasteiger partial charge in [-0.2, -0.15) is 0 Å². The van der Waals surface area contributed by atoms with E-state index in [4.69, 9.17) is 5.11 Å². The quantitative estimate of drug-likeness (QED) is 0.787.